The number of nitrogens with zero attached hydrogens (tertiary/aromatic N) is 3. The molecule has 2 aliphatic rings. The van der Waals surface area contributed by atoms with Crippen LogP contribution in [-0.4, -0.2) is 57.4 Å². The van der Waals surface area contributed by atoms with E-state index in [0.29, 0.717) is 32.5 Å². The van der Waals surface area contributed by atoms with Gasteiger partial charge in [0.2, 0.25) is 0 Å². The Morgan fingerprint density at radius 3 is 2.79 bits per heavy atom. The van der Waals surface area contributed by atoms with E-state index in [0.717, 1.165) is 35.7 Å². The Labute approximate surface area is 162 Å². The SMILES string of the molecule is Cc1nc(Cc2ccc(NC(=O)N3CCC[C@]4(CC3)CNC(=O)O4)cc2)n[nH]1. The predicted molar refractivity (Wildman–Crippen MR) is 102 cm³/mol. The van der Waals surface area contributed by atoms with Crippen molar-refractivity contribution in [1.29, 1.82) is 0 Å². The molecule has 0 radical (unpaired) electrons. The second kappa shape index (κ2) is 7.49. The Bertz CT molecular complexity index is 865. The van der Waals surface area contributed by atoms with Gasteiger partial charge in [-0.3, -0.25) is 5.10 Å². The Hall–Kier alpha value is -3.10. The molecule has 2 aliphatic heterocycles. The number of alkyl carbamates (subject to hydrolysis) is 1. The summed E-state index contributed by atoms with van der Waals surface area (Å²) in [6.45, 7) is 3.59. The smallest absolute Gasteiger partial charge is 0.407 e. The van der Waals surface area contributed by atoms with Crippen LogP contribution in [0.5, 0.6) is 0 Å². The molecule has 1 aromatic carbocycles. The first-order valence-corrected chi connectivity index (χ1v) is 9.51. The van der Waals surface area contributed by atoms with Crippen molar-refractivity contribution in [2.45, 2.75) is 38.2 Å². The molecule has 28 heavy (non-hydrogen) atoms. The van der Waals surface area contributed by atoms with E-state index in [1.165, 1.54) is 0 Å². The van der Waals surface area contributed by atoms with Gasteiger partial charge in [0.25, 0.3) is 0 Å². The van der Waals surface area contributed by atoms with Crippen LogP contribution in [-0.2, 0) is 11.2 Å². The molecule has 0 bridgehead atoms. The first kappa shape index (κ1) is 18.3. The van der Waals surface area contributed by atoms with Crippen LogP contribution < -0.4 is 10.6 Å². The summed E-state index contributed by atoms with van der Waals surface area (Å²) in [5.41, 5.74) is 1.35. The molecule has 9 nitrogen and oxygen atoms in total. The molecule has 2 aromatic rings. The summed E-state index contributed by atoms with van der Waals surface area (Å²) in [5.74, 6) is 1.54. The van der Waals surface area contributed by atoms with Crippen molar-refractivity contribution in [2.24, 2.45) is 0 Å². The molecule has 148 valence electrons. The van der Waals surface area contributed by atoms with Gasteiger partial charge in [0.05, 0.1) is 6.54 Å². The van der Waals surface area contributed by atoms with Gasteiger partial charge in [0, 0.05) is 31.6 Å². The molecule has 3 N–H and O–H groups in total. The second-order valence-corrected chi connectivity index (χ2v) is 7.41. The molecule has 1 spiro atoms. The summed E-state index contributed by atoms with van der Waals surface area (Å²) in [6, 6.07) is 7.56. The highest BCUT2D eigenvalue weighted by atomic mass is 16.6. The number of aromatic amines is 1. The van der Waals surface area contributed by atoms with Crippen LogP contribution in [0.25, 0.3) is 0 Å². The lowest BCUT2D eigenvalue weighted by atomic mass is 9.95. The van der Waals surface area contributed by atoms with Crippen LogP contribution in [0, 0.1) is 6.92 Å². The number of ether oxygens (including phenoxy) is 1. The minimum absolute atomic E-state index is 0.133. The lowest BCUT2D eigenvalue weighted by molar-refractivity contribution is 0.0454. The van der Waals surface area contributed by atoms with E-state index in [1.54, 1.807) is 4.90 Å². The van der Waals surface area contributed by atoms with E-state index in [-0.39, 0.29) is 12.1 Å². The van der Waals surface area contributed by atoms with Crippen molar-refractivity contribution in [3.05, 3.63) is 41.5 Å². The maximum absolute atomic E-state index is 12.6. The number of hydrogen-bond acceptors (Lipinski definition) is 5. The van der Waals surface area contributed by atoms with Gasteiger partial charge in [-0.2, -0.15) is 5.10 Å². The monoisotopic (exact) mass is 384 g/mol. The normalized spacial score (nSPS) is 21.9. The Morgan fingerprint density at radius 1 is 1.29 bits per heavy atom. The zero-order chi connectivity index (χ0) is 19.6. The lowest BCUT2D eigenvalue weighted by Crippen LogP contribution is -2.38. The number of aryl methyl sites for hydroxylation is 1. The molecule has 1 aromatic heterocycles. The molecule has 2 saturated heterocycles. The molecule has 9 heteroatoms. The standard InChI is InChI=1S/C19H24N6O3/c1-13-21-16(24-23-13)11-14-3-5-15(6-4-14)22-17(26)25-9-2-7-19(8-10-25)12-20-18(27)28-19/h3-6H,2,7-12H2,1H3,(H,20,27)(H,22,26)(H,21,23,24)/t19-/m0/s1. The number of benzene rings is 1. The Balaban J connectivity index is 1.32. The summed E-state index contributed by atoms with van der Waals surface area (Å²) >= 11 is 0. The third-order valence-electron chi connectivity index (χ3n) is 5.26. The van der Waals surface area contributed by atoms with Crippen LogP contribution in [0.3, 0.4) is 0 Å². The maximum Gasteiger partial charge on any atom is 0.407 e. The van der Waals surface area contributed by atoms with Crippen molar-refractivity contribution in [2.75, 3.05) is 25.0 Å². The number of H-pyrrole nitrogens is 1. The van der Waals surface area contributed by atoms with Crippen LogP contribution in [0.1, 0.15) is 36.5 Å². The summed E-state index contributed by atoms with van der Waals surface area (Å²) in [5, 5.41) is 12.6. The third kappa shape index (κ3) is 4.08. The molecule has 4 rings (SSSR count). The second-order valence-electron chi connectivity index (χ2n) is 7.41. The number of carbonyl (C=O) groups is 2. The van der Waals surface area contributed by atoms with E-state index in [9.17, 15) is 9.59 Å². The van der Waals surface area contributed by atoms with Crippen LogP contribution in [0.2, 0.25) is 0 Å². The highest BCUT2D eigenvalue weighted by Crippen LogP contribution is 2.29. The van der Waals surface area contributed by atoms with Crippen molar-refractivity contribution in [1.82, 2.24) is 25.4 Å². The molecule has 0 saturated carbocycles. The minimum atomic E-state index is -0.466. The summed E-state index contributed by atoms with van der Waals surface area (Å²) in [4.78, 5) is 30.1. The van der Waals surface area contributed by atoms with Gasteiger partial charge in [-0.15, -0.1) is 0 Å². The van der Waals surface area contributed by atoms with E-state index in [2.05, 4.69) is 25.8 Å². The molecule has 3 heterocycles. The van der Waals surface area contributed by atoms with Crippen molar-refractivity contribution < 1.29 is 14.3 Å². The predicted octanol–water partition coefficient (Wildman–Crippen LogP) is 2.20. The van der Waals surface area contributed by atoms with Gasteiger partial charge in [0.1, 0.15) is 11.4 Å². The maximum atomic E-state index is 12.6. The highest BCUT2D eigenvalue weighted by molar-refractivity contribution is 5.89. The average Bonchev–Trinajstić information content (AvgIpc) is 3.17. The number of amides is 3. The van der Waals surface area contributed by atoms with Crippen molar-refractivity contribution >= 4 is 17.8 Å². The Morgan fingerprint density at radius 2 is 2.11 bits per heavy atom. The molecule has 1 atom stereocenters. The zero-order valence-electron chi connectivity index (χ0n) is 15.8. The van der Waals surface area contributed by atoms with Gasteiger partial charge in [-0.25, -0.2) is 14.6 Å². The largest absolute Gasteiger partial charge is 0.441 e. The molecule has 3 amide bonds. The minimum Gasteiger partial charge on any atom is -0.441 e. The third-order valence-corrected chi connectivity index (χ3v) is 5.26. The van der Waals surface area contributed by atoms with Crippen LogP contribution in [0.15, 0.2) is 24.3 Å². The molecular weight excluding hydrogens is 360 g/mol. The van der Waals surface area contributed by atoms with E-state index in [1.807, 2.05) is 31.2 Å². The summed E-state index contributed by atoms with van der Waals surface area (Å²) in [6.07, 6.45) is 2.49. The van der Waals surface area contributed by atoms with E-state index < -0.39 is 5.60 Å². The first-order valence-electron chi connectivity index (χ1n) is 9.51. The van der Waals surface area contributed by atoms with Gasteiger partial charge in [-0.05, 0) is 37.5 Å². The highest BCUT2D eigenvalue weighted by Gasteiger charge is 2.41. The molecule has 0 unspecified atom stereocenters. The number of anilines is 1. The molecule has 2 fully saturated rings. The fourth-order valence-electron chi connectivity index (χ4n) is 3.71. The first-order chi connectivity index (χ1) is 13.5. The summed E-state index contributed by atoms with van der Waals surface area (Å²) in [7, 11) is 0. The van der Waals surface area contributed by atoms with Crippen LogP contribution in [0.4, 0.5) is 15.3 Å². The quantitative estimate of drug-likeness (QED) is 0.751. The molecule has 0 aliphatic carbocycles. The fraction of sp³-hybridized carbons (Fsp3) is 0.474. The number of rotatable bonds is 3. The zero-order valence-corrected chi connectivity index (χ0v) is 15.8. The van der Waals surface area contributed by atoms with E-state index >= 15 is 0 Å². The van der Waals surface area contributed by atoms with E-state index in [4.69, 9.17) is 4.74 Å². The summed E-state index contributed by atoms with van der Waals surface area (Å²) < 4.78 is 5.46. The van der Waals surface area contributed by atoms with Gasteiger partial charge in [0.15, 0.2) is 5.82 Å². The number of aromatic nitrogens is 3. The van der Waals surface area contributed by atoms with Gasteiger partial charge in [-0.1, -0.05) is 12.1 Å². The Kier molecular flexibility index (Phi) is 4.89. The average molecular weight is 384 g/mol. The van der Waals surface area contributed by atoms with Gasteiger partial charge >= 0.3 is 12.1 Å². The molecular formula is C19H24N6O3. The number of hydrogen-bond donors (Lipinski definition) is 3. The number of likely N-dealkylation sites (tertiary alicyclic amines) is 1. The van der Waals surface area contributed by atoms with Gasteiger partial charge < -0.3 is 20.3 Å². The fourth-order valence-corrected chi connectivity index (χ4v) is 3.71. The van der Waals surface area contributed by atoms with Crippen LogP contribution >= 0.6 is 0 Å². The lowest BCUT2D eigenvalue weighted by Gasteiger charge is -2.25. The number of urea groups is 1. The topological polar surface area (TPSA) is 112 Å². The van der Waals surface area contributed by atoms with Crippen molar-refractivity contribution in [3.8, 4) is 0 Å². The van der Waals surface area contributed by atoms with Crippen molar-refractivity contribution in [3.63, 3.8) is 0 Å². The number of carbonyl (C=O) groups excluding carboxylic acids is 2. The number of nitrogens with one attached hydrogen (secondary N) is 3.